The van der Waals surface area contributed by atoms with Crippen LogP contribution in [0, 0.1) is 30.7 Å². The Morgan fingerprint density at radius 2 is 1.62 bits per heavy atom. The first-order valence-corrected chi connectivity index (χ1v) is 17.6. The number of aryl methyl sites for hydroxylation is 1. The largest absolute Gasteiger partial charge is 0.512 e. The summed E-state index contributed by atoms with van der Waals surface area (Å²) in [5.41, 5.74) is 6.27. The van der Waals surface area contributed by atoms with Crippen LogP contribution in [-0.4, -0.2) is 15.9 Å². The van der Waals surface area contributed by atoms with Gasteiger partial charge in [0, 0.05) is 59.3 Å². The topological polar surface area (TPSA) is 63.3 Å². The second kappa shape index (κ2) is 16.2. The standard InChI is InChI=1S/C28H22NOS.C13H24O2.Ir/c1-16(2)12-18-8-9-20-21-10-11-29-27(28(21)31-25(20)14-18)19-13-17(3)26-22-6-4-5-7-23(22)30-24(26)15-19;1-5-10(6-2)12(14)9-13(15)11(7-3)8-4;/h4-11,14-16H,12H2,1-3H3;9-11,14H,5-8H2,1-4H3;/q-1;;/b;12-9-;. The number of aromatic nitrogens is 1. The first kappa shape index (κ1) is 36.5. The van der Waals surface area contributed by atoms with Gasteiger partial charge in [0.2, 0.25) is 0 Å². The number of ketones is 1. The third-order valence-electron chi connectivity index (χ3n) is 9.03. The number of rotatable bonds is 10. The second-order valence-corrected chi connectivity index (χ2v) is 13.8. The predicted octanol–water partition coefficient (Wildman–Crippen LogP) is 12.2. The Bertz CT molecular complexity index is 2010. The summed E-state index contributed by atoms with van der Waals surface area (Å²) < 4.78 is 8.71. The summed E-state index contributed by atoms with van der Waals surface area (Å²) in [5.74, 6) is 1.20. The van der Waals surface area contributed by atoms with Crippen molar-refractivity contribution in [2.75, 3.05) is 0 Å². The number of carbonyl (C=O) groups is 1. The maximum Gasteiger partial charge on any atom is 0.162 e. The van der Waals surface area contributed by atoms with E-state index in [9.17, 15) is 9.90 Å². The molecule has 1 N–H and O–H groups in total. The number of para-hydroxylation sites is 1. The Morgan fingerprint density at radius 3 is 2.30 bits per heavy atom. The molecule has 0 aliphatic rings. The van der Waals surface area contributed by atoms with Gasteiger partial charge in [0.15, 0.2) is 5.78 Å². The van der Waals surface area contributed by atoms with E-state index in [-0.39, 0.29) is 43.5 Å². The second-order valence-electron chi connectivity index (χ2n) is 12.7. The zero-order chi connectivity index (χ0) is 33.0. The zero-order valence-electron chi connectivity index (χ0n) is 28.6. The number of nitrogens with zero attached hydrogens (tertiary/aromatic N) is 1. The number of pyridine rings is 1. The van der Waals surface area contributed by atoms with E-state index in [0.717, 1.165) is 70.9 Å². The quantitative estimate of drug-likeness (QED) is 0.0849. The van der Waals surface area contributed by atoms with Crippen molar-refractivity contribution < 1.29 is 34.4 Å². The molecule has 0 bridgehead atoms. The maximum absolute atomic E-state index is 11.7. The van der Waals surface area contributed by atoms with Crippen molar-refractivity contribution in [2.45, 2.75) is 80.6 Å². The average molecular weight is 825 g/mol. The van der Waals surface area contributed by atoms with Crippen LogP contribution in [-0.2, 0) is 31.3 Å². The SMILES string of the molecule is CCC(CC)C(=O)/C=C(\O)C(CC)CC.Cc1[c-]c(-c2nccc3c2sc2cc(CC(C)C)ccc23)cc2oc3ccccc3c12.[Ir]. The molecule has 0 fully saturated rings. The minimum absolute atomic E-state index is 0. The number of benzene rings is 3. The van der Waals surface area contributed by atoms with Gasteiger partial charge in [0.05, 0.1) is 11.3 Å². The van der Waals surface area contributed by atoms with E-state index in [1.807, 2.05) is 57.4 Å². The van der Waals surface area contributed by atoms with Crippen molar-refractivity contribution in [3.63, 3.8) is 0 Å². The number of hydrogen-bond donors (Lipinski definition) is 1. The molecule has 3 aromatic heterocycles. The number of hydrogen-bond acceptors (Lipinski definition) is 5. The number of allylic oxidation sites excluding steroid dienone is 2. The minimum Gasteiger partial charge on any atom is -0.512 e. The van der Waals surface area contributed by atoms with Gasteiger partial charge in [-0.25, -0.2) is 0 Å². The monoisotopic (exact) mass is 825 g/mol. The van der Waals surface area contributed by atoms with Gasteiger partial charge >= 0.3 is 0 Å². The molecule has 6 rings (SSSR count). The molecule has 0 unspecified atom stereocenters. The molecule has 3 aromatic carbocycles. The molecule has 0 aliphatic heterocycles. The van der Waals surface area contributed by atoms with Gasteiger partial charge in [-0.2, -0.15) is 0 Å². The van der Waals surface area contributed by atoms with Gasteiger partial charge in [0.1, 0.15) is 5.58 Å². The van der Waals surface area contributed by atoms with Crippen LogP contribution in [0.1, 0.15) is 78.4 Å². The van der Waals surface area contributed by atoms with Gasteiger partial charge in [-0.1, -0.05) is 90.3 Å². The van der Waals surface area contributed by atoms with Gasteiger partial charge in [0.25, 0.3) is 0 Å². The smallest absolute Gasteiger partial charge is 0.162 e. The van der Waals surface area contributed by atoms with E-state index >= 15 is 0 Å². The Morgan fingerprint density at radius 1 is 0.915 bits per heavy atom. The van der Waals surface area contributed by atoms with Crippen LogP contribution in [0.5, 0.6) is 0 Å². The third kappa shape index (κ3) is 7.88. The van der Waals surface area contributed by atoms with Crippen LogP contribution in [0.15, 0.2) is 77.0 Å². The summed E-state index contributed by atoms with van der Waals surface area (Å²) >= 11 is 1.83. The number of aliphatic hydroxyl groups is 1. The van der Waals surface area contributed by atoms with Crippen molar-refractivity contribution >= 4 is 59.2 Å². The summed E-state index contributed by atoms with van der Waals surface area (Å²) in [7, 11) is 0. The fourth-order valence-corrected chi connectivity index (χ4v) is 7.69. The first-order chi connectivity index (χ1) is 22.2. The molecule has 3 heterocycles. The fourth-order valence-electron chi connectivity index (χ4n) is 6.43. The summed E-state index contributed by atoms with van der Waals surface area (Å²) in [6, 6.07) is 22.9. The Balaban J connectivity index is 0.000000269. The van der Waals surface area contributed by atoms with E-state index in [4.69, 9.17) is 9.40 Å². The Kier molecular flexibility index (Phi) is 12.6. The van der Waals surface area contributed by atoms with E-state index in [2.05, 4.69) is 69.3 Å². The first-order valence-electron chi connectivity index (χ1n) is 16.8. The molecule has 47 heavy (non-hydrogen) atoms. The van der Waals surface area contributed by atoms with E-state index in [0.29, 0.717) is 5.92 Å². The van der Waals surface area contributed by atoms with Crippen molar-refractivity contribution in [3.8, 4) is 11.3 Å². The molecule has 6 heteroatoms. The van der Waals surface area contributed by atoms with E-state index < -0.39 is 0 Å². The molecular weight excluding hydrogens is 779 g/mol. The molecule has 6 aromatic rings. The predicted molar refractivity (Wildman–Crippen MR) is 196 cm³/mol. The number of furan rings is 1. The van der Waals surface area contributed by atoms with Crippen LogP contribution in [0.2, 0.25) is 0 Å². The minimum atomic E-state index is 0. The normalized spacial score (nSPS) is 12.0. The van der Waals surface area contributed by atoms with Crippen LogP contribution < -0.4 is 0 Å². The molecule has 0 saturated carbocycles. The number of aliphatic hydroxyl groups excluding tert-OH is 1. The van der Waals surface area contributed by atoms with Crippen LogP contribution >= 0.6 is 11.3 Å². The number of fused-ring (bicyclic) bond motifs is 6. The summed E-state index contributed by atoms with van der Waals surface area (Å²) in [4.78, 5) is 16.5. The molecule has 4 nitrogen and oxygen atoms in total. The van der Waals surface area contributed by atoms with Crippen LogP contribution in [0.4, 0.5) is 0 Å². The summed E-state index contributed by atoms with van der Waals surface area (Å²) in [5, 5.41) is 14.6. The maximum atomic E-state index is 11.7. The third-order valence-corrected chi connectivity index (χ3v) is 10.2. The summed E-state index contributed by atoms with van der Waals surface area (Å²) in [6.07, 6.45) is 7.92. The van der Waals surface area contributed by atoms with Gasteiger partial charge < -0.3 is 14.5 Å². The number of thiophene rings is 1. The molecule has 0 amide bonds. The van der Waals surface area contributed by atoms with Gasteiger partial charge in [-0.05, 0) is 77.9 Å². The zero-order valence-corrected chi connectivity index (χ0v) is 31.8. The fraction of sp³-hybridized carbons (Fsp3) is 0.366. The molecule has 0 aliphatic carbocycles. The Hall–Kier alpha value is -3.31. The molecule has 1 radical (unpaired) electrons. The van der Waals surface area contributed by atoms with Crippen LogP contribution in [0.25, 0.3) is 53.4 Å². The van der Waals surface area contributed by atoms with E-state index in [1.54, 1.807) is 0 Å². The number of carbonyl (C=O) groups excluding carboxylic acids is 1. The average Bonchev–Trinajstić information content (AvgIpc) is 3.60. The molecule has 0 saturated heterocycles. The van der Waals surface area contributed by atoms with Crippen molar-refractivity contribution in [2.24, 2.45) is 17.8 Å². The molecule has 0 atom stereocenters. The molecule has 0 spiro atoms. The van der Waals surface area contributed by atoms with E-state index in [1.165, 1.54) is 31.8 Å². The summed E-state index contributed by atoms with van der Waals surface area (Å²) in [6.45, 7) is 14.7. The van der Waals surface area contributed by atoms with Gasteiger partial charge in [-0.3, -0.25) is 4.79 Å². The van der Waals surface area contributed by atoms with Crippen molar-refractivity contribution in [1.29, 1.82) is 0 Å². The van der Waals surface area contributed by atoms with Gasteiger partial charge in [-0.15, -0.1) is 28.5 Å². The molecular formula is C41H46IrNO3S-. The van der Waals surface area contributed by atoms with Crippen molar-refractivity contribution in [3.05, 3.63) is 89.8 Å². The molecule has 249 valence electrons. The van der Waals surface area contributed by atoms with Crippen LogP contribution in [0.3, 0.4) is 0 Å². The Labute approximate surface area is 296 Å². The van der Waals surface area contributed by atoms with Crippen molar-refractivity contribution in [1.82, 2.24) is 4.98 Å².